The Bertz CT molecular complexity index is 1290. The number of ether oxygens (including phenoxy) is 3. The second-order valence-electron chi connectivity index (χ2n) is 7.54. The van der Waals surface area contributed by atoms with E-state index in [4.69, 9.17) is 14.2 Å². The minimum Gasteiger partial charge on any atom is -0.493 e. The van der Waals surface area contributed by atoms with Crippen molar-refractivity contribution in [2.24, 2.45) is 14.1 Å². The summed E-state index contributed by atoms with van der Waals surface area (Å²) in [5, 5.41) is 0. The van der Waals surface area contributed by atoms with Gasteiger partial charge in [0.1, 0.15) is 30.8 Å². The molecule has 3 heterocycles. The molecule has 4 rings (SSSR count). The van der Waals surface area contributed by atoms with Crippen molar-refractivity contribution in [2.75, 3.05) is 6.61 Å². The summed E-state index contributed by atoms with van der Waals surface area (Å²) in [4.78, 5) is 41.2. The first kappa shape index (κ1) is 20.7. The van der Waals surface area contributed by atoms with Gasteiger partial charge in [0.15, 0.2) is 11.2 Å². The third-order valence-corrected chi connectivity index (χ3v) is 5.28. The van der Waals surface area contributed by atoms with Gasteiger partial charge in [0.25, 0.3) is 5.56 Å². The zero-order valence-electron chi connectivity index (χ0n) is 17.9. The molecule has 1 aromatic carbocycles. The second-order valence-corrected chi connectivity index (χ2v) is 7.54. The minimum absolute atomic E-state index is 0.00229. The Kier molecular flexibility index (Phi) is 5.30. The van der Waals surface area contributed by atoms with E-state index in [0.717, 1.165) is 22.3 Å². The summed E-state index contributed by atoms with van der Waals surface area (Å²) in [6.45, 7) is 4.16. The number of rotatable bonds is 6. The van der Waals surface area contributed by atoms with Crippen molar-refractivity contribution < 1.29 is 19.0 Å². The van der Waals surface area contributed by atoms with Gasteiger partial charge in [-0.1, -0.05) is 0 Å². The highest BCUT2D eigenvalue weighted by atomic mass is 16.5. The lowest BCUT2D eigenvalue weighted by atomic mass is 10.1. The summed E-state index contributed by atoms with van der Waals surface area (Å²) in [5.74, 6) is 0.878. The van der Waals surface area contributed by atoms with E-state index in [1.54, 1.807) is 0 Å². The summed E-state index contributed by atoms with van der Waals surface area (Å²) in [7, 11) is 2.90. The Morgan fingerprint density at radius 1 is 1.26 bits per heavy atom. The first-order valence-electron chi connectivity index (χ1n) is 10.0. The number of aryl methyl sites for hydroxylation is 1. The fourth-order valence-electron chi connectivity index (χ4n) is 3.74. The third kappa shape index (κ3) is 3.69. The number of carbonyl (C=O) groups is 1. The van der Waals surface area contributed by atoms with Crippen LogP contribution in [0, 0.1) is 0 Å². The molecule has 3 aromatic rings. The molecule has 10 heteroatoms. The van der Waals surface area contributed by atoms with Gasteiger partial charge in [-0.3, -0.25) is 18.7 Å². The molecule has 1 atom stereocenters. The SMILES string of the molecule is CCOc1cc2c(cc1COC(=O)Cn1cnc3c1c(=O)n(C)c(=O)n3C)OC(C)C2. The standard InChI is InChI=1S/C21H24N4O6/c1-5-29-15-7-13-6-12(2)31-16(13)8-14(15)10-30-17(26)9-25-11-22-19-18(25)20(27)24(4)21(28)23(19)3/h7-8,11-12H,5-6,9-10H2,1-4H3. The molecule has 1 aliphatic heterocycles. The van der Waals surface area contributed by atoms with Gasteiger partial charge in [-0.2, -0.15) is 0 Å². The number of hydrogen-bond donors (Lipinski definition) is 0. The fraction of sp³-hybridized carbons (Fsp3) is 0.429. The van der Waals surface area contributed by atoms with E-state index in [9.17, 15) is 14.4 Å². The maximum Gasteiger partial charge on any atom is 0.332 e. The van der Waals surface area contributed by atoms with Crippen molar-refractivity contribution in [2.45, 2.75) is 39.5 Å². The van der Waals surface area contributed by atoms with Crippen molar-refractivity contribution >= 4 is 17.1 Å². The van der Waals surface area contributed by atoms with E-state index in [1.165, 1.54) is 29.6 Å². The second kappa shape index (κ2) is 7.93. The van der Waals surface area contributed by atoms with Crippen molar-refractivity contribution in [3.05, 3.63) is 50.4 Å². The van der Waals surface area contributed by atoms with Gasteiger partial charge in [0, 0.05) is 31.6 Å². The maximum atomic E-state index is 12.5. The molecule has 0 bridgehead atoms. The summed E-state index contributed by atoms with van der Waals surface area (Å²) in [5.41, 5.74) is 1.14. The minimum atomic E-state index is -0.549. The highest BCUT2D eigenvalue weighted by Crippen LogP contribution is 2.35. The highest BCUT2D eigenvalue weighted by Gasteiger charge is 2.23. The molecule has 0 radical (unpaired) electrons. The predicted molar refractivity (Wildman–Crippen MR) is 111 cm³/mol. The predicted octanol–water partition coefficient (Wildman–Crippen LogP) is 0.899. The summed E-state index contributed by atoms with van der Waals surface area (Å²) >= 11 is 0. The van der Waals surface area contributed by atoms with Crippen LogP contribution in [-0.4, -0.2) is 37.4 Å². The third-order valence-electron chi connectivity index (χ3n) is 5.28. The van der Waals surface area contributed by atoms with Gasteiger partial charge in [-0.25, -0.2) is 9.78 Å². The Morgan fingerprint density at radius 2 is 2.03 bits per heavy atom. The Morgan fingerprint density at radius 3 is 2.77 bits per heavy atom. The van der Waals surface area contributed by atoms with Crippen LogP contribution in [0.3, 0.4) is 0 Å². The fourth-order valence-corrected chi connectivity index (χ4v) is 3.74. The van der Waals surface area contributed by atoms with Crippen LogP contribution >= 0.6 is 0 Å². The number of benzene rings is 1. The average Bonchev–Trinajstić information content (AvgIpc) is 3.31. The average molecular weight is 428 g/mol. The van der Waals surface area contributed by atoms with E-state index < -0.39 is 17.2 Å². The number of imidazole rings is 1. The molecular formula is C21H24N4O6. The van der Waals surface area contributed by atoms with Crippen LogP contribution < -0.4 is 20.7 Å². The number of hydrogen-bond acceptors (Lipinski definition) is 7. The number of carbonyl (C=O) groups excluding carboxylic acids is 1. The molecule has 0 aliphatic carbocycles. The number of esters is 1. The van der Waals surface area contributed by atoms with Crippen LogP contribution in [0.5, 0.6) is 11.5 Å². The van der Waals surface area contributed by atoms with Crippen LogP contribution in [-0.2, 0) is 43.2 Å². The number of aromatic nitrogens is 4. The summed E-state index contributed by atoms with van der Waals surface area (Å²) < 4.78 is 20.6. The Hall–Kier alpha value is -3.56. The molecule has 164 valence electrons. The van der Waals surface area contributed by atoms with Gasteiger partial charge in [-0.05, 0) is 26.0 Å². The van der Waals surface area contributed by atoms with Crippen molar-refractivity contribution in [1.29, 1.82) is 0 Å². The van der Waals surface area contributed by atoms with E-state index in [2.05, 4.69) is 4.98 Å². The lowest BCUT2D eigenvalue weighted by molar-refractivity contribution is -0.145. The van der Waals surface area contributed by atoms with Crippen LogP contribution in [0.1, 0.15) is 25.0 Å². The smallest absolute Gasteiger partial charge is 0.332 e. The lowest BCUT2D eigenvalue weighted by Gasteiger charge is -2.13. The van der Waals surface area contributed by atoms with Gasteiger partial charge >= 0.3 is 11.7 Å². The van der Waals surface area contributed by atoms with E-state index in [-0.39, 0.29) is 30.4 Å². The highest BCUT2D eigenvalue weighted by molar-refractivity contribution is 5.75. The monoisotopic (exact) mass is 428 g/mol. The quantitative estimate of drug-likeness (QED) is 0.537. The molecule has 1 aliphatic rings. The lowest BCUT2D eigenvalue weighted by Crippen LogP contribution is -2.37. The van der Waals surface area contributed by atoms with Crippen molar-refractivity contribution in [1.82, 2.24) is 18.7 Å². The van der Waals surface area contributed by atoms with E-state index in [0.29, 0.717) is 17.9 Å². The molecule has 0 fully saturated rings. The maximum absolute atomic E-state index is 12.5. The zero-order valence-corrected chi connectivity index (χ0v) is 17.9. The van der Waals surface area contributed by atoms with Crippen LogP contribution in [0.25, 0.3) is 11.2 Å². The van der Waals surface area contributed by atoms with Crippen LogP contribution in [0.2, 0.25) is 0 Å². The molecule has 10 nitrogen and oxygen atoms in total. The molecule has 1 unspecified atom stereocenters. The molecule has 0 saturated heterocycles. The normalized spacial score (nSPS) is 15.0. The van der Waals surface area contributed by atoms with Crippen LogP contribution in [0.4, 0.5) is 0 Å². The summed E-state index contributed by atoms with van der Waals surface area (Å²) in [6, 6.07) is 3.77. The molecular weight excluding hydrogens is 404 g/mol. The summed E-state index contributed by atoms with van der Waals surface area (Å²) in [6.07, 6.45) is 2.25. The zero-order chi connectivity index (χ0) is 22.3. The van der Waals surface area contributed by atoms with Gasteiger partial charge < -0.3 is 18.8 Å². The van der Waals surface area contributed by atoms with Crippen molar-refractivity contribution in [3.63, 3.8) is 0 Å². The van der Waals surface area contributed by atoms with Gasteiger partial charge in [0.2, 0.25) is 0 Å². The molecule has 0 spiro atoms. The number of nitrogens with zero attached hydrogens (tertiary/aromatic N) is 4. The van der Waals surface area contributed by atoms with E-state index >= 15 is 0 Å². The molecule has 0 amide bonds. The topological polar surface area (TPSA) is 107 Å². The molecule has 2 aromatic heterocycles. The van der Waals surface area contributed by atoms with Crippen molar-refractivity contribution in [3.8, 4) is 11.5 Å². The largest absolute Gasteiger partial charge is 0.493 e. The first-order valence-corrected chi connectivity index (χ1v) is 10.0. The first-order chi connectivity index (χ1) is 14.8. The molecule has 0 N–H and O–H groups in total. The Balaban J connectivity index is 1.54. The van der Waals surface area contributed by atoms with Gasteiger partial charge in [-0.15, -0.1) is 0 Å². The van der Waals surface area contributed by atoms with Crippen LogP contribution in [0.15, 0.2) is 28.0 Å². The number of fused-ring (bicyclic) bond motifs is 2. The molecule has 0 saturated carbocycles. The molecule has 31 heavy (non-hydrogen) atoms. The van der Waals surface area contributed by atoms with Gasteiger partial charge in [0.05, 0.1) is 12.9 Å². The van der Waals surface area contributed by atoms with E-state index in [1.807, 2.05) is 26.0 Å². The Labute approximate surface area is 177 Å².